The third kappa shape index (κ3) is 9.76. The van der Waals surface area contributed by atoms with Crippen LogP contribution in [-0.4, -0.2) is 25.9 Å². The van der Waals surface area contributed by atoms with Gasteiger partial charge in [0.1, 0.15) is 47.2 Å². The van der Waals surface area contributed by atoms with Crippen molar-refractivity contribution in [1.29, 1.82) is 0 Å². The lowest BCUT2D eigenvalue weighted by molar-refractivity contribution is 0.259. The molecule has 5 unspecified atom stereocenters. The van der Waals surface area contributed by atoms with Crippen LogP contribution in [0.1, 0.15) is 107 Å². The number of hydrogen-bond donors (Lipinski definition) is 0. The highest BCUT2D eigenvalue weighted by Crippen LogP contribution is 2.58. The van der Waals surface area contributed by atoms with E-state index in [2.05, 4.69) is 106 Å². The number of fused-ring (bicyclic) bond motifs is 5. The first-order valence-electron chi connectivity index (χ1n) is 21.4. The summed E-state index contributed by atoms with van der Waals surface area (Å²) in [5, 5.41) is 0. The van der Waals surface area contributed by atoms with Crippen LogP contribution in [0.2, 0.25) is 0 Å². The molecule has 0 aromatic heterocycles. The summed E-state index contributed by atoms with van der Waals surface area (Å²) in [4.78, 5) is 0. The highest BCUT2D eigenvalue weighted by Gasteiger charge is 2.48. The van der Waals surface area contributed by atoms with Gasteiger partial charge in [-0.2, -0.15) is 0 Å². The Bertz CT molecular complexity index is 1780. The van der Waals surface area contributed by atoms with Gasteiger partial charge < -0.3 is 23.7 Å². The molecule has 5 heteroatoms. The second-order valence-corrected chi connectivity index (χ2v) is 18.0. The van der Waals surface area contributed by atoms with Gasteiger partial charge in [0.2, 0.25) is 0 Å². The fourth-order valence-corrected chi connectivity index (χ4v) is 10.1. The minimum Gasteiger partial charge on any atom is -0.493 e. The van der Waals surface area contributed by atoms with Crippen LogP contribution in [-0.2, 0) is 4.74 Å². The SMILES string of the molecule is C1CC2C3CCC(C3)C2C1.Cc1cc(C)c(Oc2cc(C)c(OCC3CC3)c(C)c2)c(C)c1.Cc1cc(C)c(Oc2cc(C)c(OCC3CO3)c(C)c2)c(C)c1. The summed E-state index contributed by atoms with van der Waals surface area (Å²) in [5.41, 5.74) is 11.6. The molecule has 9 rings (SSSR count). The third-order valence-corrected chi connectivity index (χ3v) is 12.8. The van der Waals surface area contributed by atoms with Crippen molar-refractivity contribution in [2.24, 2.45) is 29.6 Å². The molecule has 300 valence electrons. The van der Waals surface area contributed by atoms with Crippen molar-refractivity contribution in [2.45, 2.75) is 127 Å². The average molecular weight is 759 g/mol. The van der Waals surface area contributed by atoms with Gasteiger partial charge in [-0.25, -0.2) is 0 Å². The molecule has 4 saturated carbocycles. The second-order valence-electron chi connectivity index (χ2n) is 18.0. The molecule has 0 radical (unpaired) electrons. The molecule has 4 aliphatic carbocycles. The molecule has 1 saturated heterocycles. The predicted octanol–water partition coefficient (Wildman–Crippen LogP) is 13.4. The van der Waals surface area contributed by atoms with E-state index in [1.807, 2.05) is 12.1 Å². The fraction of sp³-hybridized carbons (Fsp3) is 0.529. The summed E-state index contributed by atoms with van der Waals surface area (Å²) in [7, 11) is 0. The van der Waals surface area contributed by atoms with Gasteiger partial charge >= 0.3 is 0 Å². The van der Waals surface area contributed by atoms with Crippen LogP contribution in [0.15, 0.2) is 48.5 Å². The van der Waals surface area contributed by atoms with Crippen LogP contribution in [0.4, 0.5) is 0 Å². The van der Waals surface area contributed by atoms with E-state index < -0.39 is 0 Å². The van der Waals surface area contributed by atoms with E-state index in [-0.39, 0.29) is 6.10 Å². The maximum absolute atomic E-state index is 6.19. The molecule has 56 heavy (non-hydrogen) atoms. The zero-order valence-corrected chi connectivity index (χ0v) is 35.9. The standard InChI is InChI=1S/C21H26O2.C20H24O3.C10H16/c1-13-8-14(2)21(15(3)9-13)23-19-10-16(4)20(17(5)11-19)22-12-18-6-7-18;1-12-6-13(2)20(14(3)7-12)23-17-8-15(4)19(16(5)9-17)22-11-18-10-21-18;1-2-9-7-4-5-8(6-7)10(9)3-1/h8-11,18H,6-7,12H2,1-5H3;6-9,18H,10-11H2,1-5H3;7-10H,1-6H2. The zero-order valence-electron chi connectivity index (χ0n) is 35.9. The first kappa shape index (κ1) is 40.2. The number of aryl methyl sites for hydroxylation is 10. The van der Waals surface area contributed by atoms with Gasteiger partial charge in [-0.3, -0.25) is 0 Å². The topological polar surface area (TPSA) is 49.5 Å². The molecule has 5 nitrogen and oxygen atoms in total. The van der Waals surface area contributed by atoms with Crippen molar-refractivity contribution in [3.63, 3.8) is 0 Å². The highest BCUT2D eigenvalue weighted by atomic mass is 16.6. The van der Waals surface area contributed by atoms with Crippen molar-refractivity contribution >= 4 is 0 Å². The van der Waals surface area contributed by atoms with Gasteiger partial charge in [0, 0.05) is 0 Å². The predicted molar refractivity (Wildman–Crippen MR) is 228 cm³/mol. The molecule has 0 N–H and O–H groups in total. The molecular weight excluding hydrogens is 693 g/mol. The van der Waals surface area contributed by atoms with Gasteiger partial charge in [0.05, 0.1) is 13.2 Å². The van der Waals surface area contributed by atoms with Gasteiger partial charge in [0.15, 0.2) is 0 Å². The second kappa shape index (κ2) is 17.3. The van der Waals surface area contributed by atoms with E-state index in [4.69, 9.17) is 23.7 Å². The van der Waals surface area contributed by atoms with Crippen LogP contribution in [0.5, 0.6) is 34.5 Å². The molecule has 1 aliphatic heterocycles. The Kier molecular flexibility index (Phi) is 12.4. The summed E-state index contributed by atoms with van der Waals surface area (Å²) in [6.07, 6.45) is 12.4. The maximum Gasteiger partial charge on any atom is 0.133 e. The quantitative estimate of drug-likeness (QED) is 0.151. The van der Waals surface area contributed by atoms with Crippen LogP contribution >= 0.6 is 0 Å². The van der Waals surface area contributed by atoms with Crippen molar-refractivity contribution in [2.75, 3.05) is 19.8 Å². The number of hydrogen-bond acceptors (Lipinski definition) is 5. The monoisotopic (exact) mass is 758 g/mol. The molecule has 5 fully saturated rings. The number of benzene rings is 4. The summed E-state index contributed by atoms with van der Waals surface area (Å²) in [5.74, 6) is 11.1. The summed E-state index contributed by atoms with van der Waals surface area (Å²) >= 11 is 0. The fourth-order valence-electron chi connectivity index (χ4n) is 10.1. The van der Waals surface area contributed by atoms with Gasteiger partial charge in [-0.15, -0.1) is 0 Å². The minimum absolute atomic E-state index is 0.266. The summed E-state index contributed by atoms with van der Waals surface area (Å²) in [6, 6.07) is 16.8. The van der Waals surface area contributed by atoms with Crippen LogP contribution in [0.3, 0.4) is 0 Å². The van der Waals surface area contributed by atoms with E-state index in [1.54, 1.807) is 38.5 Å². The zero-order chi connectivity index (χ0) is 39.7. The number of rotatable bonds is 10. The lowest BCUT2D eigenvalue weighted by Gasteiger charge is -2.23. The molecule has 5 aliphatic rings. The molecular formula is C51H66O5. The molecule has 4 aromatic rings. The van der Waals surface area contributed by atoms with E-state index in [1.165, 1.54) is 58.8 Å². The van der Waals surface area contributed by atoms with E-state index in [0.29, 0.717) is 6.61 Å². The molecule has 5 atom stereocenters. The molecule has 4 aromatic carbocycles. The molecule has 2 bridgehead atoms. The first-order chi connectivity index (χ1) is 26.8. The Morgan fingerprint density at radius 2 is 0.839 bits per heavy atom. The smallest absolute Gasteiger partial charge is 0.133 e. The summed E-state index contributed by atoms with van der Waals surface area (Å²) < 4.78 is 29.4. The van der Waals surface area contributed by atoms with E-state index >= 15 is 0 Å². The number of epoxide rings is 1. The Balaban J connectivity index is 0.000000138. The third-order valence-electron chi connectivity index (χ3n) is 12.8. The molecule has 0 amide bonds. The lowest BCUT2D eigenvalue weighted by atomic mass is 9.82. The summed E-state index contributed by atoms with van der Waals surface area (Å²) in [6.45, 7) is 23.2. The van der Waals surface area contributed by atoms with Crippen LogP contribution in [0, 0.1) is 98.8 Å². The van der Waals surface area contributed by atoms with Gasteiger partial charge in [0.25, 0.3) is 0 Å². The van der Waals surface area contributed by atoms with Gasteiger partial charge in [-0.05, 0) is 213 Å². The van der Waals surface area contributed by atoms with E-state index in [0.717, 1.165) is 87.0 Å². The highest BCUT2D eigenvalue weighted by molar-refractivity contribution is 5.51. The van der Waals surface area contributed by atoms with Crippen LogP contribution in [0.25, 0.3) is 0 Å². The normalized spacial score (nSPS) is 22.7. The Labute approximate surface area is 337 Å². The largest absolute Gasteiger partial charge is 0.493 e. The molecule has 1 heterocycles. The van der Waals surface area contributed by atoms with Crippen molar-refractivity contribution in [1.82, 2.24) is 0 Å². The Morgan fingerprint density at radius 3 is 1.21 bits per heavy atom. The average Bonchev–Trinajstić information content (AvgIpc) is 3.99. The van der Waals surface area contributed by atoms with Crippen molar-refractivity contribution < 1.29 is 23.7 Å². The Morgan fingerprint density at radius 1 is 0.464 bits per heavy atom. The maximum atomic E-state index is 6.19. The Hall–Kier alpha value is -3.96. The van der Waals surface area contributed by atoms with E-state index in [9.17, 15) is 0 Å². The number of ether oxygens (including phenoxy) is 5. The van der Waals surface area contributed by atoms with Gasteiger partial charge in [-0.1, -0.05) is 41.8 Å². The molecule has 0 spiro atoms. The van der Waals surface area contributed by atoms with Crippen molar-refractivity contribution in [3.8, 4) is 34.5 Å². The minimum atomic E-state index is 0.266. The first-order valence-corrected chi connectivity index (χ1v) is 21.4. The lowest BCUT2D eigenvalue weighted by Crippen LogP contribution is -2.15. The van der Waals surface area contributed by atoms with Crippen molar-refractivity contribution in [3.05, 3.63) is 104 Å². The van der Waals surface area contributed by atoms with Crippen LogP contribution < -0.4 is 18.9 Å².